The van der Waals surface area contributed by atoms with Crippen molar-refractivity contribution in [3.63, 3.8) is 0 Å². The predicted octanol–water partition coefficient (Wildman–Crippen LogP) is 4.26. The van der Waals surface area contributed by atoms with Crippen LogP contribution in [0.1, 0.15) is 40.5 Å². The number of aliphatic hydroxyl groups is 1. The highest BCUT2D eigenvalue weighted by Gasteiger charge is 2.32. The molecule has 3 atom stereocenters. The molecule has 6 nitrogen and oxygen atoms in total. The van der Waals surface area contributed by atoms with Gasteiger partial charge in [0.2, 0.25) is 0 Å². The second kappa shape index (κ2) is 9.23. The predicted molar refractivity (Wildman–Crippen MR) is 115 cm³/mol. The molecule has 1 saturated heterocycles. The Morgan fingerprint density at radius 3 is 2.66 bits per heavy atom. The highest BCUT2D eigenvalue weighted by molar-refractivity contribution is 8.01. The zero-order valence-electron chi connectivity index (χ0n) is 16.0. The number of benzene rings is 2. The standard InChI is InChI=1S/C21H23N3O3S2/c1-13-23-24-21(29-13)28-12-18-10-19(15-7-5-14(11-25)6-8-15)27-20(26-18)16-3-2-4-17(22)9-16/h2-9,18-20,25H,10-12,22H2,1H3/t18-,19+,20?/m0/s1. The first-order valence-corrected chi connectivity index (χ1v) is 11.2. The van der Waals surface area contributed by atoms with E-state index in [0.29, 0.717) is 5.69 Å². The van der Waals surface area contributed by atoms with Crippen molar-refractivity contribution in [1.29, 1.82) is 0 Å². The summed E-state index contributed by atoms with van der Waals surface area (Å²) < 4.78 is 13.5. The van der Waals surface area contributed by atoms with Crippen LogP contribution in [0.2, 0.25) is 0 Å². The summed E-state index contributed by atoms with van der Waals surface area (Å²) >= 11 is 3.25. The quantitative estimate of drug-likeness (QED) is 0.447. The maximum Gasteiger partial charge on any atom is 0.184 e. The molecule has 0 radical (unpaired) electrons. The zero-order chi connectivity index (χ0) is 20.2. The lowest BCUT2D eigenvalue weighted by Crippen LogP contribution is -2.31. The van der Waals surface area contributed by atoms with Gasteiger partial charge in [0.05, 0.1) is 18.8 Å². The average Bonchev–Trinajstić information content (AvgIpc) is 3.17. The normalized spacial score (nSPS) is 21.9. The van der Waals surface area contributed by atoms with Gasteiger partial charge in [-0.15, -0.1) is 10.2 Å². The highest BCUT2D eigenvalue weighted by Crippen LogP contribution is 2.39. The Morgan fingerprint density at radius 1 is 1.14 bits per heavy atom. The molecule has 29 heavy (non-hydrogen) atoms. The number of rotatable bonds is 6. The molecule has 2 aromatic carbocycles. The summed E-state index contributed by atoms with van der Waals surface area (Å²) in [5, 5.41) is 18.5. The number of nitrogen functional groups attached to an aromatic ring is 1. The third-order valence-electron chi connectivity index (χ3n) is 4.70. The minimum atomic E-state index is -0.489. The Kier molecular flexibility index (Phi) is 6.46. The second-order valence-electron chi connectivity index (χ2n) is 6.92. The van der Waals surface area contributed by atoms with Gasteiger partial charge in [-0.2, -0.15) is 0 Å². The Morgan fingerprint density at radius 2 is 1.97 bits per heavy atom. The number of hydrogen-bond acceptors (Lipinski definition) is 8. The van der Waals surface area contributed by atoms with E-state index < -0.39 is 6.29 Å². The third kappa shape index (κ3) is 5.15. The van der Waals surface area contributed by atoms with E-state index in [4.69, 9.17) is 15.2 Å². The van der Waals surface area contributed by atoms with Crippen LogP contribution in [0.5, 0.6) is 0 Å². The van der Waals surface area contributed by atoms with E-state index in [0.717, 1.165) is 38.2 Å². The minimum Gasteiger partial charge on any atom is -0.399 e. The van der Waals surface area contributed by atoms with Crippen LogP contribution in [0.25, 0.3) is 0 Å². The molecule has 3 aromatic rings. The zero-order valence-corrected chi connectivity index (χ0v) is 17.7. The van der Waals surface area contributed by atoms with Crippen molar-refractivity contribution in [2.24, 2.45) is 0 Å². The minimum absolute atomic E-state index is 0.00750. The first-order chi connectivity index (χ1) is 14.1. The Hall–Kier alpha value is -1.97. The van der Waals surface area contributed by atoms with Crippen molar-refractivity contribution >= 4 is 28.8 Å². The van der Waals surface area contributed by atoms with Crippen molar-refractivity contribution in [2.75, 3.05) is 11.5 Å². The van der Waals surface area contributed by atoms with Crippen molar-refractivity contribution in [3.8, 4) is 0 Å². The average molecular weight is 430 g/mol. The molecule has 0 spiro atoms. The summed E-state index contributed by atoms with van der Waals surface area (Å²) in [6.45, 7) is 1.98. The van der Waals surface area contributed by atoms with E-state index in [1.54, 1.807) is 23.1 Å². The molecule has 0 amide bonds. The van der Waals surface area contributed by atoms with Gasteiger partial charge in [-0.1, -0.05) is 59.5 Å². The summed E-state index contributed by atoms with van der Waals surface area (Å²) in [5.41, 5.74) is 9.50. The fraction of sp³-hybridized carbons (Fsp3) is 0.333. The van der Waals surface area contributed by atoms with Crippen molar-refractivity contribution < 1.29 is 14.6 Å². The third-order valence-corrected chi connectivity index (χ3v) is 6.80. The van der Waals surface area contributed by atoms with Gasteiger partial charge >= 0.3 is 0 Å². The molecule has 3 N–H and O–H groups in total. The van der Waals surface area contributed by atoms with Crippen LogP contribution in [-0.4, -0.2) is 27.2 Å². The lowest BCUT2D eigenvalue weighted by molar-refractivity contribution is -0.245. The summed E-state index contributed by atoms with van der Waals surface area (Å²) in [5.74, 6) is 0.766. The van der Waals surface area contributed by atoms with Gasteiger partial charge in [0.1, 0.15) is 5.01 Å². The fourth-order valence-electron chi connectivity index (χ4n) is 3.23. The van der Waals surface area contributed by atoms with Crippen LogP contribution >= 0.6 is 23.1 Å². The van der Waals surface area contributed by atoms with Crippen molar-refractivity contribution in [3.05, 3.63) is 70.2 Å². The number of thioether (sulfide) groups is 1. The first kappa shape index (κ1) is 20.3. The summed E-state index contributed by atoms with van der Waals surface area (Å²) in [7, 11) is 0. The maximum absolute atomic E-state index is 9.30. The molecule has 4 rings (SSSR count). The summed E-state index contributed by atoms with van der Waals surface area (Å²) in [6.07, 6.45) is 0.135. The maximum atomic E-state index is 9.30. The number of nitrogens with zero attached hydrogens (tertiary/aromatic N) is 2. The van der Waals surface area contributed by atoms with Crippen molar-refractivity contribution in [1.82, 2.24) is 10.2 Å². The molecule has 0 bridgehead atoms. The van der Waals surface area contributed by atoms with Crippen molar-refractivity contribution in [2.45, 2.75) is 42.8 Å². The lowest BCUT2D eigenvalue weighted by atomic mass is 10.0. The number of anilines is 1. The van der Waals surface area contributed by atoms with Gasteiger partial charge in [0.25, 0.3) is 0 Å². The van der Waals surface area contributed by atoms with Gasteiger partial charge in [-0.05, 0) is 30.2 Å². The van der Waals surface area contributed by atoms with E-state index in [2.05, 4.69) is 10.2 Å². The molecule has 0 saturated carbocycles. The van der Waals surface area contributed by atoms with E-state index in [1.165, 1.54) is 0 Å². The van der Waals surface area contributed by atoms with Crippen LogP contribution in [0.15, 0.2) is 52.9 Å². The van der Waals surface area contributed by atoms with Gasteiger partial charge in [-0.3, -0.25) is 0 Å². The van der Waals surface area contributed by atoms with E-state index >= 15 is 0 Å². The fourth-order valence-corrected chi connectivity index (χ4v) is 5.09. The molecule has 1 unspecified atom stereocenters. The second-order valence-corrected chi connectivity index (χ2v) is 9.37. The topological polar surface area (TPSA) is 90.5 Å². The largest absolute Gasteiger partial charge is 0.399 e. The SMILES string of the molecule is Cc1nnc(SC[C@@H]2C[C@H](c3ccc(CO)cc3)OC(c3cccc(N)c3)O2)s1. The molecule has 8 heteroatoms. The van der Waals surface area contributed by atoms with Crippen LogP contribution < -0.4 is 5.73 Å². The Labute approximate surface area is 178 Å². The number of ether oxygens (including phenoxy) is 2. The van der Waals surface area contributed by atoms with Gasteiger partial charge in [0, 0.05) is 23.4 Å². The van der Waals surface area contributed by atoms with E-state index in [9.17, 15) is 5.11 Å². The number of aromatic nitrogens is 2. The number of aliphatic hydroxyl groups excluding tert-OH is 1. The van der Waals surface area contributed by atoms with Crippen LogP contribution in [0.3, 0.4) is 0 Å². The molecular formula is C21H23N3O3S2. The molecule has 1 fully saturated rings. The van der Waals surface area contributed by atoms with Gasteiger partial charge in [0.15, 0.2) is 10.6 Å². The molecule has 152 valence electrons. The van der Waals surface area contributed by atoms with Crippen LogP contribution in [0, 0.1) is 6.92 Å². The molecule has 1 aliphatic heterocycles. The number of aryl methyl sites for hydroxylation is 1. The first-order valence-electron chi connectivity index (χ1n) is 9.39. The monoisotopic (exact) mass is 429 g/mol. The molecule has 1 aliphatic rings. The van der Waals surface area contributed by atoms with Gasteiger partial charge < -0.3 is 20.3 Å². The molecular weight excluding hydrogens is 406 g/mol. The smallest absolute Gasteiger partial charge is 0.184 e. The Balaban J connectivity index is 1.53. The van der Waals surface area contributed by atoms with Crippen LogP contribution in [0.4, 0.5) is 5.69 Å². The molecule has 2 heterocycles. The number of nitrogens with two attached hydrogens (primary N) is 1. The Bertz CT molecular complexity index is 948. The van der Waals surface area contributed by atoms with Gasteiger partial charge in [-0.25, -0.2) is 0 Å². The molecule has 0 aliphatic carbocycles. The summed E-state index contributed by atoms with van der Waals surface area (Å²) in [4.78, 5) is 0. The number of hydrogen-bond donors (Lipinski definition) is 2. The molecule has 1 aromatic heterocycles. The highest BCUT2D eigenvalue weighted by atomic mass is 32.2. The summed E-state index contributed by atoms with van der Waals surface area (Å²) in [6, 6.07) is 15.5. The van der Waals surface area contributed by atoms with E-state index in [1.807, 2.05) is 55.5 Å². The lowest BCUT2D eigenvalue weighted by Gasteiger charge is -2.36. The van der Waals surface area contributed by atoms with Crippen LogP contribution in [-0.2, 0) is 16.1 Å². The van der Waals surface area contributed by atoms with E-state index in [-0.39, 0.29) is 18.8 Å².